The monoisotopic (exact) mass is 219 g/mol. The summed E-state index contributed by atoms with van der Waals surface area (Å²) >= 11 is 0. The van der Waals surface area contributed by atoms with Crippen LogP contribution in [0.1, 0.15) is 32.1 Å². The summed E-state index contributed by atoms with van der Waals surface area (Å²) in [5.74, 6) is 1.14. The molecule has 2 fully saturated rings. The third-order valence-corrected chi connectivity index (χ3v) is 3.77. The normalized spacial score (nSPS) is 37.8. The molecular formula is C12H15N2O2. The number of isocyanates is 2. The van der Waals surface area contributed by atoms with Gasteiger partial charge in [0.05, 0.1) is 12.1 Å². The van der Waals surface area contributed by atoms with Crippen molar-refractivity contribution in [3.8, 4) is 0 Å². The molecule has 0 heterocycles. The van der Waals surface area contributed by atoms with Crippen molar-refractivity contribution in [3.63, 3.8) is 0 Å². The van der Waals surface area contributed by atoms with E-state index in [0.717, 1.165) is 32.1 Å². The molecule has 4 nitrogen and oxygen atoms in total. The zero-order valence-electron chi connectivity index (χ0n) is 9.13. The Balaban J connectivity index is 1.94. The molecule has 0 N–H and O–H groups in total. The highest BCUT2D eigenvalue weighted by atomic mass is 16.1. The smallest absolute Gasteiger partial charge is 0.211 e. The van der Waals surface area contributed by atoms with Gasteiger partial charge >= 0.3 is 0 Å². The maximum Gasteiger partial charge on any atom is 0.235 e. The SMILES string of the molecule is O=C=NC1[CH]C2CCC(N=C=O)CC2CC1. The van der Waals surface area contributed by atoms with Crippen LogP contribution in [0.2, 0.25) is 0 Å². The maximum atomic E-state index is 10.2. The van der Waals surface area contributed by atoms with Crippen LogP contribution in [0.4, 0.5) is 0 Å². The van der Waals surface area contributed by atoms with Gasteiger partial charge in [0.15, 0.2) is 0 Å². The lowest BCUT2D eigenvalue weighted by Crippen LogP contribution is -2.34. The molecule has 2 saturated carbocycles. The van der Waals surface area contributed by atoms with Crippen molar-refractivity contribution >= 4 is 12.2 Å². The van der Waals surface area contributed by atoms with Gasteiger partial charge in [-0.25, -0.2) is 19.6 Å². The predicted octanol–water partition coefficient (Wildman–Crippen LogP) is 1.81. The highest BCUT2D eigenvalue weighted by molar-refractivity contribution is 5.34. The first-order chi connectivity index (χ1) is 7.83. The summed E-state index contributed by atoms with van der Waals surface area (Å²) in [5, 5.41) is 0. The molecule has 4 heteroatoms. The van der Waals surface area contributed by atoms with E-state index < -0.39 is 0 Å². The van der Waals surface area contributed by atoms with Crippen molar-refractivity contribution in [1.29, 1.82) is 0 Å². The Morgan fingerprint density at radius 2 is 1.81 bits per heavy atom. The van der Waals surface area contributed by atoms with E-state index in [0.29, 0.717) is 11.8 Å². The Morgan fingerprint density at radius 3 is 2.56 bits per heavy atom. The Bertz CT molecular complexity index is 309. The molecule has 0 aromatic carbocycles. The number of fused-ring (bicyclic) bond motifs is 1. The first kappa shape index (κ1) is 11.3. The molecule has 85 valence electrons. The minimum absolute atomic E-state index is 0.0601. The first-order valence-electron chi connectivity index (χ1n) is 5.82. The van der Waals surface area contributed by atoms with Gasteiger partial charge in [0.1, 0.15) is 0 Å². The second-order valence-corrected chi connectivity index (χ2v) is 4.67. The maximum absolute atomic E-state index is 10.2. The molecule has 0 spiro atoms. The highest BCUT2D eigenvalue weighted by Gasteiger charge is 2.35. The van der Waals surface area contributed by atoms with Crippen molar-refractivity contribution in [1.82, 2.24) is 0 Å². The highest BCUT2D eigenvalue weighted by Crippen LogP contribution is 2.41. The van der Waals surface area contributed by atoms with Gasteiger partial charge in [-0.05, 0) is 50.4 Å². The standard InChI is InChI=1S/C12H15N2O2/c15-7-13-11-3-1-9-5-12(14-8-16)4-2-10(9)6-11/h5,9-12H,1-4,6H2. The largest absolute Gasteiger partial charge is 0.235 e. The molecule has 0 bridgehead atoms. The van der Waals surface area contributed by atoms with Crippen LogP contribution in [0, 0.1) is 18.3 Å². The Kier molecular flexibility index (Phi) is 3.66. The van der Waals surface area contributed by atoms with E-state index in [-0.39, 0.29) is 12.1 Å². The number of hydrogen-bond acceptors (Lipinski definition) is 4. The fraction of sp³-hybridized carbons (Fsp3) is 0.750. The van der Waals surface area contributed by atoms with Gasteiger partial charge in [-0.2, -0.15) is 0 Å². The summed E-state index contributed by atoms with van der Waals surface area (Å²) in [5.41, 5.74) is 0. The van der Waals surface area contributed by atoms with E-state index in [4.69, 9.17) is 0 Å². The summed E-state index contributed by atoms with van der Waals surface area (Å²) in [6.07, 6.45) is 10.4. The lowest BCUT2D eigenvalue weighted by molar-refractivity contribution is 0.191. The molecule has 1 radical (unpaired) electrons. The van der Waals surface area contributed by atoms with E-state index in [9.17, 15) is 9.59 Å². The first-order valence-corrected chi connectivity index (χ1v) is 5.82. The second kappa shape index (κ2) is 5.20. The van der Waals surface area contributed by atoms with Crippen LogP contribution in [0.3, 0.4) is 0 Å². The van der Waals surface area contributed by atoms with E-state index in [1.54, 1.807) is 12.2 Å². The fourth-order valence-electron chi connectivity index (χ4n) is 2.98. The van der Waals surface area contributed by atoms with Crippen LogP contribution in [0.15, 0.2) is 9.98 Å². The predicted molar refractivity (Wildman–Crippen MR) is 58.2 cm³/mol. The van der Waals surface area contributed by atoms with Crippen LogP contribution < -0.4 is 0 Å². The average Bonchev–Trinajstić information content (AvgIpc) is 2.30. The molecule has 4 unspecified atom stereocenters. The molecular weight excluding hydrogens is 204 g/mol. The molecule has 2 rings (SSSR count). The minimum atomic E-state index is 0.0601. The lowest BCUT2D eigenvalue weighted by Gasteiger charge is -2.39. The van der Waals surface area contributed by atoms with E-state index >= 15 is 0 Å². The summed E-state index contributed by atoms with van der Waals surface area (Å²) < 4.78 is 0. The van der Waals surface area contributed by atoms with E-state index in [2.05, 4.69) is 16.4 Å². The van der Waals surface area contributed by atoms with Gasteiger partial charge in [-0.1, -0.05) is 0 Å². The van der Waals surface area contributed by atoms with Crippen molar-refractivity contribution in [2.45, 2.75) is 44.2 Å². The molecule has 0 saturated heterocycles. The Labute approximate surface area is 94.9 Å². The van der Waals surface area contributed by atoms with Crippen molar-refractivity contribution in [2.75, 3.05) is 0 Å². The quantitative estimate of drug-likeness (QED) is 0.525. The zero-order valence-corrected chi connectivity index (χ0v) is 9.13. The third-order valence-electron chi connectivity index (χ3n) is 3.77. The van der Waals surface area contributed by atoms with Crippen LogP contribution >= 0.6 is 0 Å². The molecule has 0 aromatic rings. The molecule has 0 aliphatic heterocycles. The number of hydrogen-bond donors (Lipinski definition) is 0. The molecule has 0 aromatic heterocycles. The van der Waals surface area contributed by atoms with Crippen LogP contribution in [-0.4, -0.2) is 24.2 Å². The Hall–Kier alpha value is -1.24. The van der Waals surface area contributed by atoms with Crippen molar-refractivity contribution in [3.05, 3.63) is 6.42 Å². The summed E-state index contributed by atoms with van der Waals surface area (Å²) in [4.78, 5) is 28.0. The number of rotatable bonds is 2. The van der Waals surface area contributed by atoms with E-state index in [1.165, 1.54) is 0 Å². The van der Waals surface area contributed by atoms with Crippen LogP contribution in [-0.2, 0) is 9.59 Å². The Morgan fingerprint density at radius 1 is 1.00 bits per heavy atom. The minimum Gasteiger partial charge on any atom is -0.211 e. The molecule has 4 atom stereocenters. The van der Waals surface area contributed by atoms with Gasteiger partial charge in [-0.15, -0.1) is 0 Å². The van der Waals surface area contributed by atoms with E-state index in [1.807, 2.05) is 0 Å². The summed E-state index contributed by atoms with van der Waals surface area (Å²) in [6.45, 7) is 0. The topological polar surface area (TPSA) is 58.9 Å². The molecule has 16 heavy (non-hydrogen) atoms. The van der Waals surface area contributed by atoms with Gasteiger partial charge in [0.25, 0.3) is 0 Å². The number of nitrogens with zero attached hydrogens (tertiary/aromatic N) is 2. The van der Waals surface area contributed by atoms with Gasteiger partial charge in [0, 0.05) is 0 Å². The number of aliphatic imine (C=N–C) groups is 2. The summed E-state index contributed by atoms with van der Waals surface area (Å²) in [6, 6.07) is 0.225. The van der Waals surface area contributed by atoms with Gasteiger partial charge in [-0.3, -0.25) is 0 Å². The molecule has 2 aliphatic rings. The third kappa shape index (κ3) is 2.46. The summed E-state index contributed by atoms with van der Waals surface area (Å²) in [7, 11) is 0. The number of carbonyl (C=O) groups excluding carboxylic acids is 2. The second-order valence-electron chi connectivity index (χ2n) is 4.67. The van der Waals surface area contributed by atoms with Gasteiger partial charge in [0.2, 0.25) is 12.2 Å². The zero-order chi connectivity index (χ0) is 11.4. The lowest BCUT2D eigenvalue weighted by atomic mass is 9.68. The van der Waals surface area contributed by atoms with Crippen molar-refractivity contribution < 1.29 is 9.59 Å². The fourth-order valence-corrected chi connectivity index (χ4v) is 2.98. The molecule has 0 amide bonds. The average molecular weight is 219 g/mol. The van der Waals surface area contributed by atoms with Crippen LogP contribution in [0.5, 0.6) is 0 Å². The van der Waals surface area contributed by atoms with Crippen LogP contribution in [0.25, 0.3) is 0 Å². The van der Waals surface area contributed by atoms with Crippen molar-refractivity contribution in [2.24, 2.45) is 21.8 Å². The van der Waals surface area contributed by atoms with Gasteiger partial charge < -0.3 is 0 Å². The molecule has 2 aliphatic carbocycles.